The lowest BCUT2D eigenvalue weighted by Gasteiger charge is -2.37. The predicted molar refractivity (Wildman–Crippen MR) is 97.1 cm³/mol. The number of hydrogen-bond donors (Lipinski definition) is 0. The van der Waals surface area contributed by atoms with Gasteiger partial charge in [-0.25, -0.2) is 14.4 Å². The Morgan fingerprint density at radius 2 is 1.62 bits per heavy atom. The van der Waals surface area contributed by atoms with Gasteiger partial charge in [0.1, 0.15) is 6.67 Å². The molecule has 0 aromatic heterocycles. The summed E-state index contributed by atoms with van der Waals surface area (Å²) in [5.74, 6) is 0. The smallest absolute Gasteiger partial charge is 0.115 e. The van der Waals surface area contributed by atoms with Crippen LogP contribution in [0, 0.1) is 6.92 Å². The van der Waals surface area contributed by atoms with Gasteiger partial charge in [-0.05, 0) is 42.0 Å². The van der Waals surface area contributed by atoms with Gasteiger partial charge in [0.2, 0.25) is 0 Å². The standard InChI is InChI=1S/C21H27FN2/c1-18-10-11-20(14-21(18)15-22)17-24(23-12-6-3-7-13-23)16-19-8-4-2-5-9-19/h2,4-5,8-11,14H,3,6-7,12-13,15-17H2,1H3. The zero-order chi connectivity index (χ0) is 16.8. The van der Waals surface area contributed by atoms with Gasteiger partial charge in [0.25, 0.3) is 0 Å². The van der Waals surface area contributed by atoms with E-state index in [0.29, 0.717) is 0 Å². The number of rotatable bonds is 6. The zero-order valence-corrected chi connectivity index (χ0v) is 14.5. The second-order valence-electron chi connectivity index (χ2n) is 6.72. The quantitative estimate of drug-likeness (QED) is 0.747. The molecule has 0 radical (unpaired) electrons. The molecular weight excluding hydrogens is 299 g/mol. The Labute approximate surface area is 144 Å². The van der Waals surface area contributed by atoms with E-state index in [1.807, 2.05) is 19.1 Å². The highest BCUT2D eigenvalue weighted by Gasteiger charge is 2.19. The van der Waals surface area contributed by atoms with E-state index in [2.05, 4.69) is 46.4 Å². The lowest BCUT2D eigenvalue weighted by molar-refractivity contribution is -0.0544. The Hall–Kier alpha value is -1.71. The molecule has 0 aliphatic carbocycles. The third kappa shape index (κ3) is 4.43. The van der Waals surface area contributed by atoms with Gasteiger partial charge >= 0.3 is 0 Å². The topological polar surface area (TPSA) is 6.48 Å². The van der Waals surface area contributed by atoms with Crippen LogP contribution in [0.25, 0.3) is 0 Å². The fourth-order valence-electron chi connectivity index (χ4n) is 3.39. The maximum Gasteiger partial charge on any atom is 0.115 e. The molecule has 0 spiro atoms. The maximum absolute atomic E-state index is 13.2. The first-order valence-electron chi connectivity index (χ1n) is 8.94. The maximum atomic E-state index is 13.2. The van der Waals surface area contributed by atoms with Gasteiger partial charge in [-0.1, -0.05) is 55.0 Å². The van der Waals surface area contributed by atoms with Gasteiger partial charge in [0.05, 0.1) is 0 Å². The molecule has 2 aromatic carbocycles. The van der Waals surface area contributed by atoms with Crippen molar-refractivity contribution in [1.29, 1.82) is 0 Å². The Morgan fingerprint density at radius 3 is 2.33 bits per heavy atom. The summed E-state index contributed by atoms with van der Waals surface area (Å²) in [4.78, 5) is 0. The van der Waals surface area contributed by atoms with E-state index in [9.17, 15) is 4.39 Å². The molecule has 0 amide bonds. The molecule has 0 N–H and O–H groups in total. The summed E-state index contributed by atoms with van der Waals surface area (Å²) in [6.07, 6.45) is 3.84. The summed E-state index contributed by atoms with van der Waals surface area (Å²) in [6, 6.07) is 16.8. The van der Waals surface area contributed by atoms with Gasteiger partial charge in [0, 0.05) is 26.2 Å². The Kier molecular flexibility index (Phi) is 6.00. The molecule has 2 aromatic rings. The largest absolute Gasteiger partial charge is 0.246 e. The molecule has 1 aliphatic heterocycles. The Bertz CT molecular complexity index is 636. The first-order valence-corrected chi connectivity index (χ1v) is 8.94. The van der Waals surface area contributed by atoms with Crippen LogP contribution in [0.2, 0.25) is 0 Å². The van der Waals surface area contributed by atoms with Gasteiger partial charge in [-0.2, -0.15) is 0 Å². The SMILES string of the molecule is Cc1ccc(CN(Cc2ccccc2)N2CCCCC2)cc1CF. The predicted octanol–water partition coefficient (Wildman–Crippen LogP) is 4.87. The highest BCUT2D eigenvalue weighted by Crippen LogP contribution is 2.20. The lowest BCUT2D eigenvalue weighted by Crippen LogP contribution is -2.44. The summed E-state index contributed by atoms with van der Waals surface area (Å²) in [5.41, 5.74) is 4.36. The van der Waals surface area contributed by atoms with Crippen molar-refractivity contribution in [3.63, 3.8) is 0 Å². The van der Waals surface area contributed by atoms with Crippen molar-refractivity contribution >= 4 is 0 Å². The van der Waals surface area contributed by atoms with Gasteiger partial charge < -0.3 is 0 Å². The van der Waals surface area contributed by atoms with E-state index in [1.165, 1.54) is 30.4 Å². The number of nitrogens with zero attached hydrogens (tertiary/aromatic N) is 2. The van der Waals surface area contributed by atoms with E-state index < -0.39 is 0 Å². The Morgan fingerprint density at radius 1 is 0.917 bits per heavy atom. The molecule has 0 unspecified atom stereocenters. The van der Waals surface area contributed by atoms with Crippen molar-refractivity contribution in [2.75, 3.05) is 13.1 Å². The number of hydrazine groups is 1. The normalized spacial score (nSPS) is 15.8. The molecule has 1 fully saturated rings. The summed E-state index contributed by atoms with van der Waals surface area (Å²) >= 11 is 0. The second kappa shape index (κ2) is 8.41. The molecule has 0 atom stereocenters. The first-order chi connectivity index (χ1) is 11.8. The molecule has 2 nitrogen and oxygen atoms in total. The highest BCUT2D eigenvalue weighted by atomic mass is 19.1. The molecule has 3 rings (SSSR count). The number of piperidine rings is 1. The number of alkyl halides is 1. The third-order valence-electron chi connectivity index (χ3n) is 4.86. The number of benzene rings is 2. The monoisotopic (exact) mass is 326 g/mol. The summed E-state index contributed by atoms with van der Waals surface area (Å²) in [6.45, 7) is 5.57. The van der Waals surface area contributed by atoms with E-state index in [1.54, 1.807) is 0 Å². The van der Waals surface area contributed by atoms with E-state index >= 15 is 0 Å². The van der Waals surface area contributed by atoms with Crippen molar-refractivity contribution in [3.8, 4) is 0 Å². The molecule has 1 saturated heterocycles. The average Bonchev–Trinajstić information content (AvgIpc) is 2.64. The molecule has 3 heteroatoms. The summed E-state index contributed by atoms with van der Waals surface area (Å²) < 4.78 is 13.2. The van der Waals surface area contributed by atoms with Crippen LogP contribution < -0.4 is 0 Å². The van der Waals surface area contributed by atoms with Crippen LogP contribution >= 0.6 is 0 Å². The van der Waals surface area contributed by atoms with E-state index in [0.717, 1.165) is 37.3 Å². The van der Waals surface area contributed by atoms with E-state index in [4.69, 9.17) is 0 Å². The fraction of sp³-hybridized carbons (Fsp3) is 0.429. The van der Waals surface area contributed by atoms with Crippen molar-refractivity contribution in [3.05, 3.63) is 70.8 Å². The minimum absolute atomic E-state index is 0.387. The van der Waals surface area contributed by atoms with Crippen molar-refractivity contribution in [2.24, 2.45) is 0 Å². The number of aryl methyl sites for hydroxylation is 1. The molecular formula is C21H27FN2. The van der Waals surface area contributed by atoms with Crippen LogP contribution in [0.5, 0.6) is 0 Å². The molecule has 0 saturated carbocycles. The van der Waals surface area contributed by atoms with Gasteiger partial charge in [-0.3, -0.25) is 0 Å². The number of hydrogen-bond acceptors (Lipinski definition) is 2. The average molecular weight is 326 g/mol. The van der Waals surface area contributed by atoms with Crippen molar-refractivity contribution in [2.45, 2.75) is 46.0 Å². The Balaban J connectivity index is 1.78. The molecule has 1 heterocycles. The molecule has 0 bridgehead atoms. The summed E-state index contributed by atoms with van der Waals surface area (Å²) in [7, 11) is 0. The fourth-order valence-corrected chi connectivity index (χ4v) is 3.39. The van der Waals surface area contributed by atoms with Crippen LogP contribution in [0.4, 0.5) is 4.39 Å². The van der Waals surface area contributed by atoms with Crippen LogP contribution in [0.3, 0.4) is 0 Å². The van der Waals surface area contributed by atoms with Crippen LogP contribution in [0.1, 0.15) is 41.5 Å². The minimum atomic E-state index is -0.387. The zero-order valence-electron chi connectivity index (χ0n) is 14.5. The molecule has 128 valence electrons. The van der Waals surface area contributed by atoms with Gasteiger partial charge in [-0.15, -0.1) is 0 Å². The van der Waals surface area contributed by atoms with Crippen LogP contribution in [-0.4, -0.2) is 23.1 Å². The van der Waals surface area contributed by atoms with Crippen molar-refractivity contribution < 1.29 is 4.39 Å². The third-order valence-corrected chi connectivity index (χ3v) is 4.86. The van der Waals surface area contributed by atoms with Crippen LogP contribution in [0.15, 0.2) is 48.5 Å². The second-order valence-corrected chi connectivity index (χ2v) is 6.72. The van der Waals surface area contributed by atoms with Gasteiger partial charge in [0.15, 0.2) is 0 Å². The highest BCUT2D eigenvalue weighted by molar-refractivity contribution is 5.30. The lowest BCUT2D eigenvalue weighted by atomic mass is 10.1. The molecule has 1 aliphatic rings. The minimum Gasteiger partial charge on any atom is -0.246 e. The molecule has 24 heavy (non-hydrogen) atoms. The first kappa shape index (κ1) is 17.1. The van der Waals surface area contributed by atoms with Crippen molar-refractivity contribution in [1.82, 2.24) is 10.0 Å². The van der Waals surface area contributed by atoms with E-state index in [-0.39, 0.29) is 6.67 Å². The number of halogens is 1. The summed E-state index contributed by atoms with van der Waals surface area (Å²) in [5, 5.41) is 4.91. The van der Waals surface area contributed by atoms with Crippen LogP contribution in [-0.2, 0) is 19.8 Å².